The number of aromatic amines is 1. The molecule has 1 aromatic carbocycles. The van der Waals surface area contributed by atoms with Gasteiger partial charge in [-0.3, -0.25) is 19.2 Å². The van der Waals surface area contributed by atoms with Crippen LogP contribution < -0.4 is 27.4 Å². The molecule has 1 heterocycles. The number of hydrogen-bond acceptors (Lipinski definition) is 7. The molecule has 4 atom stereocenters. The van der Waals surface area contributed by atoms with Crippen molar-refractivity contribution < 1.29 is 34.2 Å². The number of fused-ring (bicyclic) bond motifs is 1. The van der Waals surface area contributed by atoms with Crippen LogP contribution in [-0.2, 0) is 30.4 Å². The van der Waals surface area contributed by atoms with Crippen LogP contribution in [0.3, 0.4) is 0 Å². The van der Waals surface area contributed by atoms with Crippen LogP contribution in [0.2, 0.25) is 0 Å². The Morgan fingerprint density at radius 3 is 2.11 bits per heavy atom. The second kappa shape index (κ2) is 12.7. The molecule has 0 aliphatic carbocycles. The summed E-state index contributed by atoms with van der Waals surface area (Å²) in [5.74, 6) is -5.14. The van der Waals surface area contributed by atoms with E-state index in [0.717, 1.165) is 10.9 Å². The Hall–Kier alpha value is -3.97. The minimum atomic E-state index is -1.56. The lowest BCUT2D eigenvalue weighted by Gasteiger charge is -2.24. The maximum atomic E-state index is 12.7. The summed E-state index contributed by atoms with van der Waals surface area (Å²) in [7, 11) is 0. The number of carbonyl (C=O) groups excluding carboxylic acids is 4. The molecule has 36 heavy (non-hydrogen) atoms. The Labute approximate surface area is 207 Å². The molecule has 0 saturated heterocycles. The quantitative estimate of drug-likeness (QED) is 0.153. The van der Waals surface area contributed by atoms with Gasteiger partial charge in [-0.15, -0.1) is 0 Å². The number of H-pyrrole nitrogens is 1. The lowest BCUT2D eigenvalue weighted by atomic mass is 10.0. The maximum Gasteiger partial charge on any atom is 0.326 e. The average Bonchev–Trinajstić information content (AvgIpc) is 3.23. The molecule has 0 aliphatic heterocycles. The number of hydrogen-bond donors (Lipinski definition) is 8. The molecule has 10 N–H and O–H groups in total. The van der Waals surface area contributed by atoms with Crippen LogP contribution >= 0.6 is 0 Å². The number of carboxylic acids is 1. The van der Waals surface area contributed by atoms with Gasteiger partial charge in [0.25, 0.3) is 0 Å². The van der Waals surface area contributed by atoms with Crippen molar-refractivity contribution in [2.75, 3.05) is 6.61 Å². The monoisotopic (exact) mass is 504 g/mol. The summed E-state index contributed by atoms with van der Waals surface area (Å²) in [5.41, 5.74) is 12.4. The fraction of sp³-hybridized carbons (Fsp3) is 0.435. The van der Waals surface area contributed by atoms with Crippen molar-refractivity contribution in [3.63, 3.8) is 0 Å². The minimum Gasteiger partial charge on any atom is -0.480 e. The predicted molar refractivity (Wildman–Crippen MR) is 129 cm³/mol. The topological polar surface area (TPSA) is 230 Å². The van der Waals surface area contributed by atoms with Gasteiger partial charge in [0.1, 0.15) is 18.1 Å². The molecule has 0 fully saturated rings. The summed E-state index contributed by atoms with van der Waals surface area (Å²) in [4.78, 5) is 64.0. The smallest absolute Gasteiger partial charge is 0.326 e. The lowest BCUT2D eigenvalue weighted by Crippen LogP contribution is -2.59. The van der Waals surface area contributed by atoms with E-state index >= 15 is 0 Å². The van der Waals surface area contributed by atoms with Gasteiger partial charge in [-0.05, 0) is 17.5 Å². The Morgan fingerprint density at radius 1 is 0.944 bits per heavy atom. The van der Waals surface area contributed by atoms with Crippen molar-refractivity contribution in [2.24, 2.45) is 17.4 Å². The number of aromatic nitrogens is 1. The number of primary amides is 1. The number of aliphatic hydroxyl groups excluding tert-OH is 1. The van der Waals surface area contributed by atoms with Crippen LogP contribution in [0.5, 0.6) is 0 Å². The number of aliphatic carboxylic acids is 1. The highest BCUT2D eigenvalue weighted by Crippen LogP contribution is 2.19. The molecule has 4 unspecified atom stereocenters. The summed E-state index contributed by atoms with van der Waals surface area (Å²) in [6.07, 6.45) is 0.988. The first-order chi connectivity index (χ1) is 16.9. The number of carboxylic acid groups (broad SMARTS) is 1. The average molecular weight is 505 g/mol. The van der Waals surface area contributed by atoms with Crippen molar-refractivity contribution in [1.82, 2.24) is 20.9 Å². The molecule has 4 amide bonds. The summed E-state index contributed by atoms with van der Waals surface area (Å²) in [5, 5.41) is 26.9. The Bertz CT molecular complexity index is 1120. The third-order valence-corrected chi connectivity index (χ3v) is 5.59. The van der Waals surface area contributed by atoms with E-state index in [1.807, 2.05) is 12.1 Å². The molecular weight excluding hydrogens is 472 g/mol. The zero-order valence-corrected chi connectivity index (χ0v) is 20.0. The van der Waals surface area contributed by atoms with Crippen molar-refractivity contribution >= 4 is 40.5 Å². The van der Waals surface area contributed by atoms with Crippen molar-refractivity contribution in [3.8, 4) is 0 Å². The van der Waals surface area contributed by atoms with Crippen molar-refractivity contribution in [2.45, 2.75) is 50.9 Å². The van der Waals surface area contributed by atoms with Crippen LogP contribution in [0.1, 0.15) is 25.8 Å². The highest BCUT2D eigenvalue weighted by atomic mass is 16.4. The zero-order chi connectivity index (χ0) is 27.0. The number of rotatable bonds is 13. The number of benzene rings is 1. The van der Waals surface area contributed by atoms with Gasteiger partial charge in [-0.25, -0.2) is 4.79 Å². The molecule has 196 valence electrons. The molecule has 0 aliphatic rings. The normalized spacial score (nSPS) is 14.5. The summed E-state index contributed by atoms with van der Waals surface area (Å²) < 4.78 is 0. The number of aliphatic hydroxyl groups is 1. The molecule has 13 nitrogen and oxygen atoms in total. The zero-order valence-electron chi connectivity index (χ0n) is 20.0. The molecule has 0 saturated carbocycles. The highest BCUT2D eigenvalue weighted by Gasteiger charge is 2.31. The first-order valence-corrected chi connectivity index (χ1v) is 11.3. The van der Waals surface area contributed by atoms with Crippen LogP contribution in [0.25, 0.3) is 10.9 Å². The fourth-order valence-electron chi connectivity index (χ4n) is 3.44. The fourth-order valence-corrected chi connectivity index (χ4v) is 3.44. The van der Waals surface area contributed by atoms with E-state index < -0.39 is 66.8 Å². The number of amides is 4. The van der Waals surface area contributed by atoms with Gasteiger partial charge >= 0.3 is 5.97 Å². The van der Waals surface area contributed by atoms with Crippen molar-refractivity contribution in [3.05, 3.63) is 36.0 Å². The first-order valence-electron chi connectivity index (χ1n) is 11.3. The Balaban J connectivity index is 2.11. The summed E-state index contributed by atoms with van der Waals surface area (Å²) in [6.45, 7) is 2.50. The Kier molecular flexibility index (Phi) is 9.93. The SMILES string of the molecule is CC(C)C(N)C(=O)NC(CC(N)=O)C(=O)NC(CO)C(=O)NC(Cc1c[nH]c2ccccc12)C(=O)O. The summed E-state index contributed by atoms with van der Waals surface area (Å²) in [6, 6.07) is 1.88. The van der Waals surface area contributed by atoms with Crippen LogP contribution in [-0.4, -0.2) is 75.6 Å². The van der Waals surface area contributed by atoms with Gasteiger partial charge in [0, 0.05) is 23.5 Å². The van der Waals surface area contributed by atoms with Crippen LogP contribution in [0, 0.1) is 5.92 Å². The number of nitrogens with two attached hydrogens (primary N) is 2. The van der Waals surface area contributed by atoms with Gasteiger partial charge in [0.15, 0.2) is 0 Å². The largest absolute Gasteiger partial charge is 0.480 e. The second-order valence-electron chi connectivity index (χ2n) is 8.71. The number of nitrogens with one attached hydrogen (secondary N) is 4. The minimum absolute atomic E-state index is 0.0649. The first kappa shape index (κ1) is 28.3. The molecule has 0 bridgehead atoms. The standard InChI is InChI=1S/C23H32N6O7/c1-11(2)19(25)22(34)27-15(8-18(24)31)20(32)29-17(10-30)21(33)28-16(23(35)36)7-12-9-26-14-6-4-3-5-13(12)14/h3-6,9,11,15-17,19,26,30H,7-8,10,25H2,1-2H3,(H2,24,31)(H,27,34)(H,28,33)(H,29,32)(H,35,36). The number of carbonyl (C=O) groups is 5. The molecular formula is C23H32N6O7. The Morgan fingerprint density at radius 2 is 1.53 bits per heavy atom. The predicted octanol–water partition coefficient (Wildman–Crippen LogP) is -1.90. The van der Waals surface area contributed by atoms with Crippen LogP contribution in [0.4, 0.5) is 0 Å². The van der Waals surface area contributed by atoms with Gasteiger partial charge in [-0.2, -0.15) is 0 Å². The van der Waals surface area contributed by atoms with E-state index in [1.165, 1.54) is 0 Å². The third kappa shape index (κ3) is 7.52. The van der Waals surface area contributed by atoms with E-state index in [-0.39, 0.29) is 12.3 Å². The van der Waals surface area contributed by atoms with E-state index in [4.69, 9.17) is 11.5 Å². The third-order valence-electron chi connectivity index (χ3n) is 5.59. The molecule has 1 aromatic heterocycles. The maximum absolute atomic E-state index is 12.7. The molecule has 2 rings (SSSR count). The van der Waals surface area contributed by atoms with E-state index in [9.17, 15) is 34.2 Å². The molecule has 2 aromatic rings. The molecule has 0 spiro atoms. The van der Waals surface area contributed by atoms with Gasteiger partial charge in [0.2, 0.25) is 23.6 Å². The van der Waals surface area contributed by atoms with Crippen molar-refractivity contribution in [1.29, 1.82) is 0 Å². The van der Waals surface area contributed by atoms with Crippen LogP contribution in [0.15, 0.2) is 30.5 Å². The second-order valence-corrected chi connectivity index (χ2v) is 8.71. The van der Waals surface area contributed by atoms with E-state index in [1.54, 1.807) is 32.2 Å². The highest BCUT2D eigenvalue weighted by molar-refractivity contribution is 5.96. The number of para-hydroxylation sites is 1. The van der Waals surface area contributed by atoms with Gasteiger partial charge < -0.3 is 42.6 Å². The van der Waals surface area contributed by atoms with Gasteiger partial charge in [0.05, 0.1) is 19.1 Å². The lowest BCUT2D eigenvalue weighted by molar-refractivity contribution is -0.142. The molecule has 13 heteroatoms. The van der Waals surface area contributed by atoms with Gasteiger partial charge in [-0.1, -0.05) is 32.0 Å². The summed E-state index contributed by atoms with van der Waals surface area (Å²) >= 11 is 0. The molecule has 0 radical (unpaired) electrons. The van der Waals surface area contributed by atoms with E-state index in [2.05, 4.69) is 20.9 Å². The van der Waals surface area contributed by atoms with E-state index in [0.29, 0.717) is 5.56 Å².